The van der Waals surface area contributed by atoms with E-state index in [0.29, 0.717) is 0 Å². The van der Waals surface area contributed by atoms with Gasteiger partial charge in [0, 0.05) is 12.0 Å². The van der Waals surface area contributed by atoms with Gasteiger partial charge in [0.05, 0.1) is 5.97 Å². The Morgan fingerprint density at radius 3 is 1.92 bits per heavy atom. The third-order valence-corrected chi connectivity index (χ3v) is 0.962. The number of hydrogen-bond donors (Lipinski definition) is 1. The first-order chi connectivity index (χ1) is 4.54. The van der Waals surface area contributed by atoms with E-state index in [9.17, 15) is 19.8 Å². The Kier molecular flexibility index (Phi) is 13.8. The average Bonchev–Trinajstić information content (AvgIpc) is 1.82. The Bertz CT molecular complexity index is 152. The minimum Gasteiger partial charge on any atom is -0.550 e. The maximum absolute atomic E-state index is 9.86. The predicted octanol–water partition coefficient (Wildman–Crippen LogP) is -9.40. The number of carbonyl (C=O) groups is 2. The molecule has 12 heavy (non-hydrogen) atoms. The molecule has 0 heterocycles. The van der Waals surface area contributed by atoms with Gasteiger partial charge in [-0.15, -0.1) is 0 Å². The van der Waals surface area contributed by atoms with Crippen molar-refractivity contribution in [2.75, 3.05) is 0 Å². The summed E-state index contributed by atoms with van der Waals surface area (Å²) in [7, 11) is 0. The van der Waals surface area contributed by atoms with Crippen molar-refractivity contribution in [1.29, 1.82) is 0 Å². The fourth-order valence-corrected chi connectivity index (χ4v) is 0.391. The maximum atomic E-state index is 9.86. The second-order valence-corrected chi connectivity index (χ2v) is 1.84. The zero-order chi connectivity index (χ0) is 8.15. The van der Waals surface area contributed by atoms with Crippen LogP contribution in [0.2, 0.25) is 0 Å². The Labute approximate surface area is 94.0 Å². The summed E-state index contributed by atoms with van der Waals surface area (Å²) in [5, 5.41) is 19.6. The van der Waals surface area contributed by atoms with E-state index < -0.39 is 18.0 Å². The molecule has 0 aliphatic rings. The van der Waals surface area contributed by atoms with Gasteiger partial charge in [0.2, 0.25) is 0 Å². The SMILES string of the molecule is N[C@H](CCC(=O)[O-])C(=O)[O-].[Li+].[Li+]. The van der Waals surface area contributed by atoms with Crippen molar-refractivity contribution in [1.82, 2.24) is 0 Å². The molecule has 2 N–H and O–H groups in total. The summed E-state index contributed by atoms with van der Waals surface area (Å²) in [6.07, 6.45) is -0.500. The molecule has 0 saturated carbocycles. The summed E-state index contributed by atoms with van der Waals surface area (Å²) in [5.41, 5.74) is 4.91. The van der Waals surface area contributed by atoms with Gasteiger partial charge in [-0.1, -0.05) is 0 Å². The Morgan fingerprint density at radius 1 is 1.25 bits per heavy atom. The summed E-state index contributed by atoms with van der Waals surface area (Å²) in [5.74, 6) is -2.75. The number of rotatable bonds is 4. The average molecular weight is 159 g/mol. The van der Waals surface area contributed by atoms with Crippen molar-refractivity contribution >= 4 is 11.9 Å². The number of carboxylic acid groups (broad SMARTS) is 2. The number of nitrogens with two attached hydrogens (primary N) is 1. The minimum atomic E-state index is -1.44. The molecule has 0 amide bonds. The van der Waals surface area contributed by atoms with E-state index in [4.69, 9.17) is 5.73 Å². The van der Waals surface area contributed by atoms with Gasteiger partial charge in [-0.3, -0.25) is 0 Å². The molecule has 0 fully saturated rings. The molecule has 0 radical (unpaired) electrons. The van der Waals surface area contributed by atoms with Gasteiger partial charge in [0.1, 0.15) is 0 Å². The largest absolute Gasteiger partial charge is 1.00 e. The Balaban J connectivity index is -0.000000405. The van der Waals surface area contributed by atoms with Crippen LogP contribution in [0.5, 0.6) is 0 Å². The summed E-state index contributed by atoms with van der Waals surface area (Å²) in [6.45, 7) is 0. The van der Waals surface area contributed by atoms with Gasteiger partial charge < -0.3 is 25.5 Å². The molecule has 0 bridgehead atoms. The molecule has 0 spiro atoms. The van der Waals surface area contributed by atoms with Crippen LogP contribution in [0, 0.1) is 0 Å². The third-order valence-electron chi connectivity index (χ3n) is 0.962. The normalized spacial score (nSPS) is 10.4. The molecule has 0 unspecified atom stereocenters. The Hall–Kier alpha value is 0.0948. The van der Waals surface area contributed by atoms with E-state index >= 15 is 0 Å². The van der Waals surface area contributed by atoms with Crippen molar-refractivity contribution in [3.05, 3.63) is 0 Å². The van der Waals surface area contributed by atoms with Gasteiger partial charge in [0.15, 0.2) is 0 Å². The molecule has 0 aliphatic heterocycles. The summed E-state index contributed by atoms with van der Waals surface area (Å²) in [6, 6.07) is -1.21. The van der Waals surface area contributed by atoms with Crippen molar-refractivity contribution in [2.45, 2.75) is 18.9 Å². The van der Waals surface area contributed by atoms with Crippen LogP contribution in [0.4, 0.5) is 0 Å². The third kappa shape index (κ3) is 10.1. The number of hydrogen-bond acceptors (Lipinski definition) is 5. The van der Waals surface area contributed by atoms with Crippen LogP contribution in [0.25, 0.3) is 0 Å². The second kappa shape index (κ2) is 9.18. The van der Waals surface area contributed by atoms with Crippen LogP contribution >= 0.6 is 0 Å². The first kappa shape index (κ1) is 18.0. The molecule has 1 atom stereocenters. The summed E-state index contributed by atoms with van der Waals surface area (Å²) < 4.78 is 0. The molecule has 0 rings (SSSR count). The maximum Gasteiger partial charge on any atom is 1.00 e. The molecule has 0 aromatic heterocycles. The van der Waals surface area contributed by atoms with E-state index in [2.05, 4.69) is 0 Å². The van der Waals surface area contributed by atoms with Crippen LogP contribution in [0.1, 0.15) is 12.8 Å². The van der Waals surface area contributed by atoms with Crippen LogP contribution in [-0.4, -0.2) is 18.0 Å². The molecule has 0 saturated heterocycles. The van der Waals surface area contributed by atoms with Crippen molar-refractivity contribution in [2.24, 2.45) is 5.73 Å². The van der Waals surface area contributed by atoms with Crippen LogP contribution < -0.4 is 53.7 Å². The second-order valence-electron chi connectivity index (χ2n) is 1.84. The summed E-state index contributed by atoms with van der Waals surface area (Å²) in [4.78, 5) is 19.6. The zero-order valence-corrected chi connectivity index (χ0v) is 7.20. The quantitative estimate of drug-likeness (QED) is 0.410. The molecule has 0 aliphatic carbocycles. The van der Waals surface area contributed by atoms with E-state index in [1.165, 1.54) is 0 Å². The van der Waals surface area contributed by atoms with E-state index in [1.54, 1.807) is 0 Å². The number of aliphatic carboxylic acids is 2. The first-order valence-corrected chi connectivity index (χ1v) is 2.70. The molecule has 58 valence electrons. The smallest absolute Gasteiger partial charge is 0.550 e. The molecular formula is C5H7Li2NO4. The van der Waals surface area contributed by atoms with Gasteiger partial charge >= 0.3 is 37.7 Å². The van der Waals surface area contributed by atoms with Crippen molar-refractivity contribution in [3.8, 4) is 0 Å². The van der Waals surface area contributed by atoms with Crippen molar-refractivity contribution in [3.63, 3.8) is 0 Å². The van der Waals surface area contributed by atoms with E-state index in [1.807, 2.05) is 0 Å². The molecule has 0 aromatic carbocycles. The minimum absolute atomic E-state index is 0. The Morgan fingerprint density at radius 2 is 1.67 bits per heavy atom. The van der Waals surface area contributed by atoms with Crippen molar-refractivity contribution < 1.29 is 57.5 Å². The number of carboxylic acids is 2. The van der Waals surface area contributed by atoms with E-state index in [0.717, 1.165) is 0 Å². The predicted molar refractivity (Wildman–Crippen MR) is 27.2 cm³/mol. The zero-order valence-electron chi connectivity index (χ0n) is 7.20. The van der Waals surface area contributed by atoms with Crippen LogP contribution in [-0.2, 0) is 9.59 Å². The number of carbonyl (C=O) groups excluding carboxylic acids is 2. The fraction of sp³-hybridized carbons (Fsp3) is 0.600. The van der Waals surface area contributed by atoms with Gasteiger partial charge in [0.25, 0.3) is 0 Å². The standard InChI is InChI=1S/C5H9NO4.2Li/c6-3(5(9)10)1-2-4(7)8;;/h3H,1-2,6H2,(H,7,8)(H,9,10);;/q;2*+1/p-2/t3-;;/m1../s1. The fourth-order valence-electron chi connectivity index (χ4n) is 0.391. The monoisotopic (exact) mass is 159 g/mol. The summed E-state index contributed by atoms with van der Waals surface area (Å²) >= 11 is 0. The molecule has 0 aromatic rings. The molecule has 5 nitrogen and oxygen atoms in total. The van der Waals surface area contributed by atoms with Gasteiger partial charge in [-0.2, -0.15) is 0 Å². The van der Waals surface area contributed by atoms with Crippen LogP contribution in [0.3, 0.4) is 0 Å². The first-order valence-electron chi connectivity index (χ1n) is 2.70. The van der Waals surface area contributed by atoms with Crippen LogP contribution in [0.15, 0.2) is 0 Å². The van der Waals surface area contributed by atoms with Gasteiger partial charge in [-0.05, 0) is 12.8 Å². The van der Waals surface area contributed by atoms with Gasteiger partial charge in [-0.25, -0.2) is 0 Å². The molecular weight excluding hydrogens is 152 g/mol. The molecule has 7 heteroatoms. The topological polar surface area (TPSA) is 106 Å². The van der Waals surface area contributed by atoms with E-state index in [-0.39, 0.29) is 50.6 Å².